The molecule has 0 aromatic rings. The van der Waals surface area contributed by atoms with Gasteiger partial charge in [-0.3, -0.25) is 0 Å². The van der Waals surface area contributed by atoms with Crippen molar-refractivity contribution in [2.75, 3.05) is 0 Å². The Morgan fingerprint density at radius 1 is 1.55 bits per heavy atom. The first kappa shape index (κ1) is 10.8. The second-order valence-corrected chi connectivity index (χ2v) is 4.08. The number of hydrogen-bond donors (Lipinski definition) is 0. The van der Waals surface area contributed by atoms with E-state index in [0.717, 1.165) is 6.42 Å². The van der Waals surface area contributed by atoms with Crippen molar-refractivity contribution in [3.63, 3.8) is 0 Å². The average molecular weight is 170 g/mol. The molecule has 0 bridgehead atoms. The second kappa shape index (κ2) is 5.48. The van der Waals surface area contributed by atoms with Crippen LogP contribution in [0.25, 0.3) is 0 Å². The smallest absolute Gasteiger partial charge is 0.0151 e. The number of rotatable bonds is 4. The van der Waals surface area contributed by atoms with E-state index in [1.54, 1.807) is 0 Å². The van der Waals surface area contributed by atoms with Gasteiger partial charge in [0.2, 0.25) is 0 Å². The first-order valence-corrected chi connectivity index (χ1v) is 4.95. The third-order valence-corrected chi connectivity index (χ3v) is 3.10. The van der Waals surface area contributed by atoms with Gasteiger partial charge in [-0.15, -0.1) is 0 Å². The normalized spacial score (nSPS) is 12.3. The first-order chi connectivity index (χ1) is 5.11. The summed E-state index contributed by atoms with van der Waals surface area (Å²) in [5, 5.41) is 0. The van der Waals surface area contributed by atoms with Crippen LogP contribution in [0.2, 0.25) is 0 Å². The van der Waals surface area contributed by atoms with Gasteiger partial charge in [0, 0.05) is 0 Å². The average Bonchev–Trinajstić information content (AvgIpc) is 1.99. The fraction of sp³-hybridized carbons (Fsp3) is 0.600. The van der Waals surface area contributed by atoms with Crippen LogP contribution in [0.5, 0.6) is 0 Å². The second-order valence-electron chi connectivity index (χ2n) is 2.83. The highest BCUT2D eigenvalue weighted by Gasteiger charge is 2.02. The molecular weight excluding hydrogens is 152 g/mol. The van der Waals surface area contributed by atoms with Crippen molar-refractivity contribution in [3.8, 4) is 0 Å². The molecule has 0 heterocycles. The molecule has 0 amide bonds. The maximum Gasteiger partial charge on any atom is -0.0151 e. The van der Waals surface area contributed by atoms with Crippen LogP contribution in [0.1, 0.15) is 34.1 Å². The first-order valence-electron chi connectivity index (χ1n) is 4.13. The van der Waals surface area contributed by atoms with Gasteiger partial charge >= 0.3 is 0 Å². The lowest BCUT2D eigenvalue weighted by Crippen LogP contribution is -1.87. The SMILES string of the molecule is C=C(SC(=CC)CC)C(C)C. The lowest BCUT2D eigenvalue weighted by Gasteiger charge is -2.09. The monoisotopic (exact) mass is 170 g/mol. The summed E-state index contributed by atoms with van der Waals surface area (Å²) >= 11 is 1.82. The Morgan fingerprint density at radius 3 is 2.36 bits per heavy atom. The summed E-state index contributed by atoms with van der Waals surface area (Å²) in [4.78, 5) is 2.68. The van der Waals surface area contributed by atoms with Gasteiger partial charge in [0.1, 0.15) is 0 Å². The minimum Gasteiger partial charge on any atom is -0.0997 e. The summed E-state index contributed by atoms with van der Waals surface area (Å²) < 4.78 is 0. The molecule has 0 unspecified atom stereocenters. The van der Waals surface area contributed by atoms with Crippen LogP contribution in [0.15, 0.2) is 22.5 Å². The van der Waals surface area contributed by atoms with Gasteiger partial charge < -0.3 is 0 Å². The van der Waals surface area contributed by atoms with Gasteiger partial charge in [-0.2, -0.15) is 0 Å². The van der Waals surface area contributed by atoms with Crippen molar-refractivity contribution in [2.45, 2.75) is 34.1 Å². The van der Waals surface area contributed by atoms with E-state index in [4.69, 9.17) is 0 Å². The maximum atomic E-state index is 4.01. The molecule has 0 aromatic heterocycles. The molecule has 64 valence electrons. The lowest BCUT2D eigenvalue weighted by atomic mass is 10.2. The summed E-state index contributed by atoms with van der Waals surface area (Å²) in [7, 11) is 0. The van der Waals surface area contributed by atoms with Gasteiger partial charge in [0.25, 0.3) is 0 Å². The number of hydrogen-bond acceptors (Lipinski definition) is 1. The predicted molar refractivity (Wildman–Crippen MR) is 55.6 cm³/mol. The highest BCUT2D eigenvalue weighted by atomic mass is 32.2. The molecule has 0 rings (SSSR count). The van der Waals surface area contributed by atoms with E-state index in [1.165, 1.54) is 9.81 Å². The van der Waals surface area contributed by atoms with Crippen LogP contribution in [0.4, 0.5) is 0 Å². The molecule has 1 heteroatoms. The van der Waals surface area contributed by atoms with E-state index in [-0.39, 0.29) is 0 Å². The van der Waals surface area contributed by atoms with Gasteiger partial charge in [0.05, 0.1) is 0 Å². The van der Waals surface area contributed by atoms with E-state index in [2.05, 4.69) is 40.3 Å². The fourth-order valence-corrected chi connectivity index (χ4v) is 1.46. The van der Waals surface area contributed by atoms with Gasteiger partial charge in [-0.1, -0.05) is 45.2 Å². The number of allylic oxidation sites excluding steroid dienone is 3. The van der Waals surface area contributed by atoms with Crippen LogP contribution in [-0.2, 0) is 0 Å². The molecule has 0 aliphatic heterocycles. The molecule has 0 atom stereocenters. The molecule has 0 aromatic carbocycles. The predicted octanol–water partition coefficient (Wildman–Crippen LogP) is 4.20. The van der Waals surface area contributed by atoms with Crippen molar-refractivity contribution < 1.29 is 0 Å². The zero-order valence-electron chi connectivity index (χ0n) is 7.98. The van der Waals surface area contributed by atoms with Crippen molar-refractivity contribution in [1.29, 1.82) is 0 Å². The maximum absolute atomic E-state index is 4.01. The van der Waals surface area contributed by atoms with Crippen molar-refractivity contribution in [3.05, 3.63) is 22.5 Å². The molecule has 0 aliphatic rings. The summed E-state index contributed by atoms with van der Waals surface area (Å²) in [6.07, 6.45) is 3.28. The fourth-order valence-electron chi connectivity index (χ4n) is 0.621. The Morgan fingerprint density at radius 2 is 2.09 bits per heavy atom. The molecule has 0 aliphatic carbocycles. The summed E-state index contributed by atoms with van der Waals surface area (Å²) in [5.74, 6) is 0.585. The van der Waals surface area contributed by atoms with E-state index in [1.807, 2.05) is 11.8 Å². The van der Waals surface area contributed by atoms with Crippen LogP contribution >= 0.6 is 11.8 Å². The quantitative estimate of drug-likeness (QED) is 0.609. The van der Waals surface area contributed by atoms with Gasteiger partial charge in [-0.25, -0.2) is 0 Å². The van der Waals surface area contributed by atoms with Crippen LogP contribution in [0, 0.1) is 5.92 Å². The third kappa shape index (κ3) is 4.31. The van der Waals surface area contributed by atoms with Crippen molar-refractivity contribution in [2.24, 2.45) is 5.92 Å². The molecule has 0 saturated carbocycles. The highest BCUT2D eigenvalue weighted by Crippen LogP contribution is 2.30. The highest BCUT2D eigenvalue weighted by molar-refractivity contribution is 8.06. The lowest BCUT2D eigenvalue weighted by molar-refractivity contribution is 0.820. The topological polar surface area (TPSA) is 0 Å². The standard InChI is InChI=1S/C10H18S/c1-6-10(7-2)11-9(5)8(3)4/h6,8H,5,7H2,1-4H3. The Kier molecular flexibility index (Phi) is 5.39. The van der Waals surface area contributed by atoms with Crippen LogP contribution in [0.3, 0.4) is 0 Å². The molecule has 0 radical (unpaired) electrons. The zero-order chi connectivity index (χ0) is 8.85. The van der Waals surface area contributed by atoms with Crippen molar-refractivity contribution in [1.82, 2.24) is 0 Å². The molecule has 0 spiro atoms. The van der Waals surface area contributed by atoms with Gasteiger partial charge in [0.15, 0.2) is 0 Å². The molecule has 0 fully saturated rings. The Balaban J connectivity index is 3.93. The minimum absolute atomic E-state index is 0.585. The summed E-state index contributed by atoms with van der Waals surface area (Å²) in [5.41, 5.74) is 0. The number of thioether (sulfide) groups is 1. The van der Waals surface area contributed by atoms with Crippen molar-refractivity contribution >= 4 is 11.8 Å². The largest absolute Gasteiger partial charge is 0.0997 e. The molecule has 11 heavy (non-hydrogen) atoms. The Hall–Kier alpha value is -0.170. The Labute approximate surface area is 74.8 Å². The van der Waals surface area contributed by atoms with E-state index >= 15 is 0 Å². The summed E-state index contributed by atoms with van der Waals surface area (Å²) in [6.45, 7) is 12.6. The van der Waals surface area contributed by atoms with Crippen LogP contribution in [-0.4, -0.2) is 0 Å². The minimum atomic E-state index is 0.585. The van der Waals surface area contributed by atoms with E-state index in [9.17, 15) is 0 Å². The van der Waals surface area contributed by atoms with E-state index < -0.39 is 0 Å². The third-order valence-electron chi connectivity index (χ3n) is 1.58. The summed E-state index contributed by atoms with van der Waals surface area (Å²) in [6, 6.07) is 0. The molecule has 0 nitrogen and oxygen atoms in total. The molecule has 0 saturated heterocycles. The molecule has 0 N–H and O–H groups in total. The molecular formula is C10H18S. The Bertz CT molecular complexity index is 154. The van der Waals surface area contributed by atoms with E-state index in [0.29, 0.717) is 5.92 Å². The zero-order valence-corrected chi connectivity index (χ0v) is 8.79. The van der Waals surface area contributed by atoms with Crippen LogP contribution < -0.4 is 0 Å². The van der Waals surface area contributed by atoms with Gasteiger partial charge in [-0.05, 0) is 29.1 Å².